The number of hydrogen-bond acceptors (Lipinski definition) is 2. The quantitative estimate of drug-likeness (QED) is 0.799. The molecule has 0 aliphatic rings. The third-order valence-electron chi connectivity index (χ3n) is 3.43. The van der Waals surface area contributed by atoms with Crippen LogP contribution < -0.4 is 0 Å². The Labute approximate surface area is 128 Å². The first-order valence-corrected chi connectivity index (χ1v) is 7.05. The molecule has 3 aromatic rings. The van der Waals surface area contributed by atoms with Gasteiger partial charge in [-0.2, -0.15) is 0 Å². The highest BCUT2D eigenvalue weighted by molar-refractivity contribution is 5.70. The number of carboxylic acids is 1. The van der Waals surface area contributed by atoms with Crippen LogP contribution in [0.1, 0.15) is 5.56 Å². The van der Waals surface area contributed by atoms with Crippen LogP contribution >= 0.6 is 0 Å². The average Bonchev–Trinajstić information content (AvgIpc) is 2.91. The topological polar surface area (TPSA) is 55.1 Å². The molecule has 0 radical (unpaired) electrons. The molecular formula is C18H16N2O2. The monoisotopic (exact) mass is 292 g/mol. The second kappa shape index (κ2) is 5.85. The minimum Gasteiger partial charge on any atom is -0.480 e. The molecule has 0 aliphatic heterocycles. The van der Waals surface area contributed by atoms with Gasteiger partial charge >= 0.3 is 5.97 Å². The van der Waals surface area contributed by atoms with Crippen molar-refractivity contribution in [3.05, 3.63) is 66.4 Å². The van der Waals surface area contributed by atoms with Crippen molar-refractivity contribution < 1.29 is 9.90 Å². The third-order valence-corrected chi connectivity index (χ3v) is 3.43. The van der Waals surface area contributed by atoms with Crippen LogP contribution in [-0.2, 0) is 11.3 Å². The van der Waals surface area contributed by atoms with Crippen LogP contribution in [0.5, 0.6) is 0 Å². The maximum atomic E-state index is 11.1. The van der Waals surface area contributed by atoms with Gasteiger partial charge in [0, 0.05) is 17.3 Å². The summed E-state index contributed by atoms with van der Waals surface area (Å²) in [6, 6.07) is 17.6. The van der Waals surface area contributed by atoms with Crippen LogP contribution in [0, 0.1) is 6.92 Å². The van der Waals surface area contributed by atoms with Gasteiger partial charge in [0.25, 0.3) is 0 Å². The van der Waals surface area contributed by atoms with E-state index in [0.29, 0.717) is 5.82 Å². The summed E-state index contributed by atoms with van der Waals surface area (Å²) < 4.78 is 1.68. The fourth-order valence-corrected chi connectivity index (χ4v) is 2.44. The number of hydrogen-bond donors (Lipinski definition) is 1. The van der Waals surface area contributed by atoms with Gasteiger partial charge in [-0.15, -0.1) is 0 Å². The van der Waals surface area contributed by atoms with Crippen LogP contribution in [0.4, 0.5) is 0 Å². The number of imidazole rings is 1. The number of carboxylic acid groups (broad SMARTS) is 1. The zero-order chi connectivity index (χ0) is 15.5. The van der Waals surface area contributed by atoms with Crippen molar-refractivity contribution >= 4 is 5.97 Å². The molecule has 0 atom stereocenters. The minimum absolute atomic E-state index is 0.108. The van der Waals surface area contributed by atoms with Crippen molar-refractivity contribution in [1.29, 1.82) is 0 Å². The fraction of sp³-hybridized carbons (Fsp3) is 0.111. The van der Waals surface area contributed by atoms with Crippen LogP contribution in [0.15, 0.2) is 60.8 Å². The summed E-state index contributed by atoms with van der Waals surface area (Å²) in [5.74, 6) is -0.218. The molecule has 0 amide bonds. The molecular weight excluding hydrogens is 276 g/mol. The van der Waals surface area contributed by atoms with Crippen molar-refractivity contribution in [2.75, 3.05) is 0 Å². The van der Waals surface area contributed by atoms with Gasteiger partial charge in [-0.25, -0.2) is 4.98 Å². The Morgan fingerprint density at radius 1 is 1.09 bits per heavy atom. The van der Waals surface area contributed by atoms with Crippen LogP contribution in [0.2, 0.25) is 0 Å². The van der Waals surface area contributed by atoms with E-state index in [0.717, 1.165) is 22.4 Å². The van der Waals surface area contributed by atoms with E-state index in [1.807, 2.05) is 61.5 Å². The van der Waals surface area contributed by atoms with E-state index in [9.17, 15) is 4.79 Å². The molecule has 4 heteroatoms. The van der Waals surface area contributed by atoms with Crippen LogP contribution in [0.3, 0.4) is 0 Å². The van der Waals surface area contributed by atoms with E-state index < -0.39 is 5.97 Å². The normalized spacial score (nSPS) is 10.6. The molecule has 1 aromatic heterocycles. The first-order valence-electron chi connectivity index (χ1n) is 7.05. The molecule has 2 aromatic carbocycles. The van der Waals surface area contributed by atoms with Gasteiger partial charge in [-0.05, 0) is 13.0 Å². The van der Waals surface area contributed by atoms with Crippen molar-refractivity contribution in [1.82, 2.24) is 9.55 Å². The highest BCUT2D eigenvalue weighted by Crippen LogP contribution is 2.25. The van der Waals surface area contributed by atoms with Crippen molar-refractivity contribution in [3.63, 3.8) is 0 Å². The van der Waals surface area contributed by atoms with Crippen molar-refractivity contribution in [2.24, 2.45) is 0 Å². The molecule has 0 unspecified atom stereocenters. The lowest BCUT2D eigenvalue weighted by Gasteiger charge is -2.04. The predicted octanol–water partition coefficient (Wildman–Crippen LogP) is 3.61. The summed E-state index contributed by atoms with van der Waals surface area (Å²) in [6.45, 7) is 1.92. The van der Waals surface area contributed by atoms with E-state index in [1.165, 1.54) is 0 Å². The second-order valence-electron chi connectivity index (χ2n) is 5.21. The van der Waals surface area contributed by atoms with Crippen LogP contribution in [0.25, 0.3) is 22.6 Å². The standard InChI is InChI=1S/C18H16N2O2/c1-13-6-5-9-15(10-13)16-11-20(12-17(21)22)18(19-16)14-7-3-2-4-8-14/h2-11H,12H2,1H3,(H,21,22). The summed E-state index contributed by atoms with van der Waals surface area (Å²) >= 11 is 0. The Hall–Kier alpha value is -2.88. The van der Waals surface area contributed by atoms with Gasteiger partial charge in [0.2, 0.25) is 0 Å². The third kappa shape index (κ3) is 2.91. The molecule has 1 heterocycles. The first kappa shape index (κ1) is 14.1. The molecule has 0 spiro atoms. The molecule has 0 fully saturated rings. The highest BCUT2D eigenvalue weighted by Gasteiger charge is 2.13. The summed E-state index contributed by atoms with van der Waals surface area (Å²) in [7, 11) is 0. The molecule has 4 nitrogen and oxygen atoms in total. The molecule has 0 saturated heterocycles. The van der Waals surface area contributed by atoms with Gasteiger partial charge in [0.1, 0.15) is 12.4 Å². The second-order valence-corrected chi connectivity index (χ2v) is 5.21. The van der Waals surface area contributed by atoms with Gasteiger partial charge < -0.3 is 9.67 Å². The van der Waals surface area contributed by atoms with E-state index >= 15 is 0 Å². The highest BCUT2D eigenvalue weighted by atomic mass is 16.4. The molecule has 0 saturated carbocycles. The van der Waals surface area contributed by atoms with E-state index in [1.54, 1.807) is 10.8 Å². The molecule has 22 heavy (non-hydrogen) atoms. The largest absolute Gasteiger partial charge is 0.480 e. The smallest absolute Gasteiger partial charge is 0.323 e. The lowest BCUT2D eigenvalue weighted by Crippen LogP contribution is -2.09. The number of nitrogens with zero attached hydrogens (tertiary/aromatic N) is 2. The molecule has 110 valence electrons. The van der Waals surface area contributed by atoms with Gasteiger partial charge in [-0.1, -0.05) is 54.1 Å². The average molecular weight is 292 g/mol. The predicted molar refractivity (Wildman–Crippen MR) is 85.5 cm³/mol. The number of carbonyl (C=O) groups is 1. The van der Waals surface area contributed by atoms with Gasteiger partial charge in [-0.3, -0.25) is 4.79 Å². The molecule has 3 rings (SSSR count). The lowest BCUT2D eigenvalue weighted by molar-refractivity contribution is -0.137. The van der Waals surface area contributed by atoms with Crippen molar-refractivity contribution in [2.45, 2.75) is 13.5 Å². The molecule has 0 bridgehead atoms. The van der Waals surface area contributed by atoms with Gasteiger partial charge in [0.15, 0.2) is 0 Å². The molecule has 0 aliphatic carbocycles. The Morgan fingerprint density at radius 2 is 1.82 bits per heavy atom. The number of benzene rings is 2. The summed E-state index contributed by atoms with van der Waals surface area (Å²) in [5, 5.41) is 9.11. The first-order chi connectivity index (χ1) is 10.6. The van der Waals surface area contributed by atoms with E-state index in [4.69, 9.17) is 5.11 Å². The lowest BCUT2D eigenvalue weighted by atomic mass is 10.1. The van der Waals surface area contributed by atoms with E-state index in [2.05, 4.69) is 4.98 Å². The number of aliphatic carboxylic acids is 1. The maximum Gasteiger partial charge on any atom is 0.323 e. The number of aromatic nitrogens is 2. The zero-order valence-electron chi connectivity index (χ0n) is 12.2. The number of aryl methyl sites for hydroxylation is 1. The summed E-state index contributed by atoms with van der Waals surface area (Å²) in [4.78, 5) is 15.7. The summed E-state index contributed by atoms with van der Waals surface area (Å²) in [5.41, 5.74) is 3.82. The Morgan fingerprint density at radius 3 is 2.50 bits per heavy atom. The van der Waals surface area contributed by atoms with Gasteiger partial charge in [0.05, 0.1) is 5.69 Å². The fourth-order valence-electron chi connectivity index (χ4n) is 2.44. The Bertz CT molecular complexity index is 807. The minimum atomic E-state index is -0.884. The summed E-state index contributed by atoms with van der Waals surface area (Å²) in [6.07, 6.45) is 1.80. The number of rotatable bonds is 4. The molecule has 1 N–H and O–H groups in total. The Balaban J connectivity index is 2.10. The van der Waals surface area contributed by atoms with Crippen molar-refractivity contribution in [3.8, 4) is 22.6 Å². The van der Waals surface area contributed by atoms with Crippen LogP contribution in [-0.4, -0.2) is 20.6 Å². The maximum absolute atomic E-state index is 11.1. The zero-order valence-corrected chi connectivity index (χ0v) is 12.2. The SMILES string of the molecule is Cc1cccc(-c2cn(CC(=O)O)c(-c3ccccc3)n2)c1. The van der Waals surface area contributed by atoms with E-state index in [-0.39, 0.29) is 6.54 Å². The Kier molecular flexibility index (Phi) is 3.74.